The van der Waals surface area contributed by atoms with Gasteiger partial charge in [-0.2, -0.15) is 0 Å². The number of hydrogen-bond acceptors (Lipinski definition) is 0. The van der Waals surface area contributed by atoms with Crippen molar-refractivity contribution in [3.05, 3.63) is 35.4 Å². The summed E-state index contributed by atoms with van der Waals surface area (Å²) in [7, 11) is 0. The maximum atomic E-state index is 2.29. The fourth-order valence-electron chi connectivity index (χ4n) is 1.21. The van der Waals surface area contributed by atoms with E-state index >= 15 is 0 Å². The van der Waals surface area contributed by atoms with Crippen molar-refractivity contribution in [2.24, 2.45) is 0 Å². The normalized spacial score (nSPS) is 10.4. The topological polar surface area (TPSA) is 0 Å². The van der Waals surface area contributed by atoms with E-state index in [1.165, 1.54) is 17.5 Å². The van der Waals surface area contributed by atoms with Crippen LogP contribution in [-0.2, 0) is 5.41 Å². The molecule has 0 aliphatic rings. The van der Waals surface area contributed by atoms with Gasteiger partial charge in [0.2, 0.25) is 0 Å². The van der Waals surface area contributed by atoms with Crippen LogP contribution in [-0.4, -0.2) is 0 Å². The lowest BCUT2D eigenvalue weighted by Crippen LogP contribution is -2.14. The molecule has 0 fully saturated rings. The minimum absolute atomic E-state index is 0.327. The standard InChI is InChI=1S/C12H18.C2H6/c1-5-12(3,4)11-8-6-10(2)7-9-11;1-2/h6-9H,5H2,1-4H3;1-2H3. The zero-order chi connectivity index (χ0) is 11.2. The Balaban J connectivity index is 0.000000791. The first-order chi connectivity index (χ1) is 6.56. The van der Waals surface area contributed by atoms with Crippen molar-refractivity contribution in [3.63, 3.8) is 0 Å². The smallest absolute Gasteiger partial charge is 0.0106 e. The number of aryl methyl sites for hydroxylation is 1. The Morgan fingerprint density at radius 1 is 1.00 bits per heavy atom. The van der Waals surface area contributed by atoms with Gasteiger partial charge in [-0.1, -0.05) is 64.4 Å². The molecule has 0 heterocycles. The van der Waals surface area contributed by atoms with Crippen molar-refractivity contribution in [1.29, 1.82) is 0 Å². The van der Waals surface area contributed by atoms with Crippen LogP contribution in [0.5, 0.6) is 0 Å². The second-order valence-electron chi connectivity index (χ2n) is 4.10. The highest BCUT2D eigenvalue weighted by atomic mass is 14.2. The lowest BCUT2D eigenvalue weighted by atomic mass is 9.82. The van der Waals surface area contributed by atoms with Crippen molar-refractivity contribution in [2.45, 2.75) is 53.4 Å². The van der Waals surface area contributed by atoms with Gasteiger partial charge in [0.1, 0.15) is 0 Å². The van der Waals surface area contributed by atoms with Crippen molar-refractivity contribution in [2.75, 3.05) is 0 Å². The summed E-state index contributed by atoms with van der Waals surface area (Å²) in [5.41, 5.74) is 3.11. The van der Waals surface area contributed by atoms with Crippen LogP contribution >= 0.6 is 0 Å². The molecule has 14 heavy (non-hydrogen) atoms. The molecule has 1 rings (SSSR count). The fraction of sp³-hybridized carbons (Fsp3) is 0.571. The van der Waals surface area contributed by atoms with Gasteiger partial charge in [-0.15, -0.1) is 0 Å². The summed E-state index contributed by atoms with van der Waals surface area (Å²) in [4.78, 5) is 0. The quantitative estimate of drug-likeness (QED) is 0.636. The highest BCUT2D eigenvalue weighted by Gasteiger charge is 2.16. The van der Waals surface area contributed by atoms with Gasteiger partial charge in [0, 0.05) is 0 Å². The lowest BCUT2D eigenvalue weighted by molar-refractivity contribution is 0.506. The molecule has 1 aromatic rings. The van der Waals surface area contributed by atoms with E-state index < -0.39 is 0 Å². The second kappa shape index (κ2) is 5.85. The van der Waals surface area contributed by atoms with E-state index in [-0.39, 0.29) is 0 Å². The average molecular weight is 192 g/mol. The predicted molar refractivity (Wildman–Crippen MR) is 65.8 cm³/mol. The average Bonchev–Trinajstić information content (AvgIpc) is 2.21. The van der Waals surface area contributed by atoms with Crippen molar-refractivity contribution < 1.29 is 0 Å². The predicted octanol–water partition coefficient (Wildman–Crippen LogP) is 4.71. The molecule has 0 aliphatic heterocycles. The van der Waals surface area contributed by atoms with Crippen LogP contribution in [0.25, 0.3) is 0 Å². The molecule has 0 saturated carbocycles. The van der Waals surface area contributed by atoms with Gasteiger partial charge in [0.15, 0.2) is 0 Å². The molecule has 1 aromatic carbocycles. The Labute approximate surface area is 89.4 Å². The van der Waals surface area contributed by atoms with Crippen LogP contribution < -0.4 is 0 Å². The van der Waals surface area contributed by atoms with Crippen LogP contribution in [0.1, 0.15) is 52.2 Å². The minimum Gasteiger partial charge on any atom is -0.0683 e. The molecule has 0 unspecified atom stereocenters. The highest BCUT2D eigenvalue weighted by molar-refractivity contribution is 5.27. The zero-order valence-electron chi connectivity index (χ0n) is 10.5. The molecule has 0 radical (unpaired) electrons. The molecular weight excluding hydrogens is 168 g/mol. The van der Waals surface area contributed by atoms with E-state index in [2.05, 4.69) is 52.0 Å². The molecule has 0 aliphatic carbocycles. The van der Waals surface area contributed by atoms with Gasteiger partial charge in [-0.25, -0.2) is 0 Å². The van der Waals surface area contributed by atoms with Crippen LogP contribution in [0, 0.1) is 6.92 Å². The first-order valence-electron chi connectivity index (χ1n) is 5.63. The Bertz CT molecular complexity index is 241. The molecular formula is C14H24. The van der Waals surface area contributed by atoms with Crippen LogP contribution in [0.4, 0.5) is 0 Å². The van der Waals surface area contributed by atoms with Gasteiger partial charge in [0.25, 0.3) is 0 Å². The van der Waals surface area contributed by atoms with E-state index in [4.69, 9.17) is 0 Å². The summed E-state index contributed by atoms with van der Waals surface area (Å²) in [6.07, 6.45) is 1.19. The van der Waals surface area contributed by atoms with E-state index in [1.54, 1.807) is 0 Å². The summed E-state index contributed by atoms with van der Waals surface area (Å²) in [5.74, 6) is 0. The minimum atomic E-state index is 0.327. The third-order valence-electron chi connectivity index (χ3n) is 2.72. The van der Waals surface area contributed by atoms with E-state index in [9.17, 15) is 0 Å². The summed E-state index contributed by atoms with van der Waals surface area (Å²) < 4.78 is 0. The molecule has 0 nitrogen and oxygen atoms in total. The molecule has 0 spiro atoms. The van der Waals surface area contributed by atoms with Gasteiger partial charge >= 0.3 is 0 Å². The third kappa shape index (κ3) is 3.53. The van der Waals surface area contributed by atoms with Crippen molar-refractivity contribution in [1.82, 2.24) is 0 Å². The Morgan fingerprint density at radius 2 is 1.43 bits per heavy atom. The molecule has 0 saturated heterocycles. The molecule has 0 heteroatoms. The molecule has 0 amide bonds. The Morgan fingerprint density at radius 3 is 1.79 bits per heavy atom. The van der Waals surface area contributed by atoms with Crippen LogP contribution in [0.15, 0.2) is 24.3 Å². The monoisotopic (exact) mass is 192 g/mol. The van der Waals surface area contributed by atoms with Crippen LogP contribution in [0.2, 0.25) is 0 Å². The van der Waals surface area contributed by atoms with Crippen LogP contribution in [0.3, 0.4) is 0 Å². The van der Waals surface area contributed by atoms with Crippen molar-refractivity contribution in [3.8, 4) is 0 Å². The summed E-state index contributed by atoms with van der Waals surface area (Å²) in [6, 6.07) is 8.84. The largest absolute Gasteiger partial charge is 0.0683 e. The third-order valence-corrected chi connectivity index (χ3v) is 2.72. The van der Waals surface area contributed by atoms with Gasteiger partial charge in [-0.05, 0) is 24.3 Å². The van der Waals surface area contributed by atoms with E-state index in [0.717, 1.165) is 0 Å². The number of rotatable bonds is 2. The zero-order valence-corrected chi connectivity index (χ0v) is 10.5. The lowest BCUT2D eigenvalue weighted by Gasteiger charge is -2.23. The highest BCUT2D eigenvalue weighted by Crippen LogP contribution is 2.26. The van der Waals surface area contributed by atoms with Crippen molar-refractivity contribution >= 4 is 0 Å². The number of hydrogen-bond donors (Lipinski definition) is 0. The maximum absolute atomic E-state index is 2.29. The summed E-state index contributed by atoms with van der Waals surface area (Å²) in [6.45, 7) is 12.9. The maximum Gasteiger partial charge on any atom is -0.0106 e. The molecule has 0 atom stereocenters. The summed E-state index contributed by atoms with van der Waals surface area (Å²) in [5, 5.41) is 0. The SMILES string of the molecule is CC.CCC(C)(C)c1ccc(C)cc1. The Kier molecular flexibility index (Phi) is 5.52. The fourth-order valence-corrected chi connectivity index (χ4v) is 1.21. The van der Waals surface area contributed by atoms with Gasteiger partial charge in [0.05, 0.1) is 0 Å². The molecule has 0 bridgehead atoms. The molecule has 80 valence electrons. The first kappa shape index (κ1) is 13.2. The first-order valence-corrected chi connectivity index (χ1v) is 5.63. The van der Waals surface area contributed by atoms with Gasteiger partial charge in [-0.3, -0.25) is 0 Å². The van der Waals surface area contributed by atoms with Gasteiger partial charge < -0.3 is 0 Å². The summed E-state index contributed by atoms with van der Waals surface area (Å²) >= 11 is 0. The number of benzene rings is 1. The van der Waals surface area contributed by atoms with E-state index in [1.807, 2.05) is 13.8 Å². The Hall–Kier alpha value is -0.780. The molecule has 0 N–H and O–H groups in total. The molecule has 0 aromatic heterocycles. The van der Waals surface area contributed by atoms with E-state index in [0.29, 0.717) is 5.41 Å². The second-order valence-corrected chi connectivity index (χ2v) is 4.10.